The number of fused-ring (bicyclic) bond motifs is 1. The lowest BCUT2D eigenvalue weighted by atomic mass is 10.0. The zero-order valence-corrected chi connectivity index (χ0v) is 16.7. The van der Waals surface area contributed by atoms with Crippen LogP contribution in [0.15, 0.2) is 47.0 Å². The lowest BCUT2D eigenvalue weighted by Gasteiger charge is -2.21. The van der Waals surface area contributed by atoms with Gasteiger partial charge in [-0.15, -0.1) is 0 Å². The lowest BCUT2D eigenvalue weighted by molar-refractivity contribution is -0.933. The topological polar surface area (TPSA) is 61.8 Å². The SMILES string of the molecule is Cc1ccc(-c2noc(C[NH+]3CCC[C@@H]3c3ccc4c(c3)OCCCO4)n2)cc1. The number of hydrogen-bond donors (Lipinski definition) is 1. The van der Waals surface area contributed by atoms with Crippen LogP contribution in [0.3, 0.4) is 0 Å². The van der Waals surface area contributed by atoms with Crippen LogP contribution in [0.25, 0.3) is 11.4 Å². The van der Waals surface area contributed by atoms with Crippen LogP contribution in [-0.2, 0) is 6.54 Å². The molecule has 2 aliphatic heterocycles. The van der Waals surface area contributed by atoms with Crippen LogP contribution in [0.1, 0.15) is 42.3 Å². The van der Waals surface area contributed by atoms with E-state index in [0.29, 0.717) is 31.0 Å². The highest BCUT2D eigenvalue weighted by Crippen LogP contribution is 2.33. The van der Waals surface area contributed by atoms with Gasteiger partial charge >= 0.3 is 0 Å². The molecule has 3 aromatic rings. The van der Waals surface area contributed by atoms with Crippen LogP contribution >= 0.6 is 0 Å². The number of likely N-dealkylation sites (tertiary alicyclic amines) is 1. The molecular weight excluding hydrogens is 366 g/mol. The highest BCUT2D eigenvalue weighted by Gasteiger charge is 2.32. The fourth-order valence-electron chi connectivity index (χ4n) is 4.26. The highest BCUT2D eigenvalue weighted by atomic mass is 16.5. The first-order valence-corrected chi connectivity index (χ1v) is 10.4. The Morgan fingerprint density at radius 3 is 2.69 bits per heavy atom. The van der Waals surface area contributed by atoms with Gasteiger partial charge in [-0.1, -0.05) is 35.0 Å². The zero-order valence-electron chi connectivity index (χ0n) is 16.7. The predicted molar refractivity (Wildman–Crippen MR) is 108 cm³/mol. The summed E-state index contributed by atoms with van der Waals surface area (Å²) in [4.78, 5) is 6.10. The average Bonchev–Trinajstić information content (AvgIpc) is 3.33. The van der Waals surface area contributed by atoms with Crippen molar-refractivity contribution in [3.8, 4) is 22.9 Å². The minimum atomic E-state index is 0.405. The first-order valence-electron chi connectivity index (χ1n) is 10.4. The van der Waals surface area contributed by atoms with Crippen LogP contribution in [0.4, 0.5) is 0 Å². The van der Waals surface area contributed by atoms with Gasteiger partial charge in [0.15, 0.2) is 18.0 Å². The molecule has 1 unspecified atom stereocenters. The second-order valence-electron chi connectivity index (χ2n) is 7.91. The summed E-state index contributed by atoms with van der Waals surface area (Å²) in [5.74, 6) is 3.07. The lowest BCUT2D eigenvalue weighted by Crippen LogP contribution is -3.09. The van der Waals surface area contributed by atoms with Crippen molar-refractivity contribution in [1.29, 1.82) is 0 Å². The molecule has 0 bridgehead atoms. The van der Waals surface area contributed by atoms with Crippen molar-refractivity contribution in [3.05, 3.63) is 59.5 Å². The van der Waals surface area contributed by atoms with Crippen molar-refractivity contribution in [2.75, 3.05) is 19.8 Å². The number of benzene rings is 2. The predicted octanol–water partition coefficient (Wildman–Crippen LogP) is 3.13. The molecule has 0 radical (unpaired) electrons. The van der Waals surface area contributed by atoms with Crippen LogP contribution in [0.2, 0.25) is 0 Å². The van der Waals surface area contributed by atoms with E-state index in [-0.39, 0.29) is 0 Å². The zero-order chi connectivity index (χ0) is 19.6. The maximum Gasteiger partial charge on any atom is 0.282 e. The molecular formula is C23H26N3O3+. The van der Waals surface area contributed by atoms with Crippen LogP contribution in [0, 0.1) is 6.92 Å². The van der Waals surface area contributed by atoms with Gasteiger partial charge in [-0.05, 0) is 25.1 Å². The summed E-state index contributed by atoms with van der Waals surface area (Å²) in [7, 11) is 0. The van der Waals surface area contributed by atoms with Crippen molar-refractivity contribution in [2.24, 2.45) is 0 Å². The third-order valence-corrected chi connectivity index (χ3v) is 5.81. The molecule has 3 heterocycles. The van der Waals surface area contributed by atoms with Crippen molar-refractivity contribution < 1.29 is 18.9 Å². The summed E-state index contributed by atoms with van der Waals surface area (Å²) in [5, 5.41) is 4.19. The quantitative estimate of drug-likeness (QED) is 0.739. The summed E-state index contributed by atoms with van der Waals surface area (Å²) in [6.07, 6.45) is 3.26. The van der Waals surface area contributed by atoms with Gasteiger partial charge in [-0.2, -0.15) is 4.98 Å². The van der Waals surface area contributed by atoms with Gasteiger partial charge in [0.05, 0.1) is 19.8 Å². The molecule has 0 amide bonds. The number of rotatable bonds is 4. The molecule has 1 aromatic heterocycles. The van der Waals surface area contributed by atoms with Crippen molar-refractivity contribution in [2.45, 2.75) is 38.8 Å². The smallest absolute Gasteiger partial charge is 0.282 e. The number of aromatic nitrogens is 2. The second-order valence-corrected chi connectivity index (χ2v) is 7.91. The Hall–Kier alpha value is -2.86. The van der Waals surface area contributed by atoms with Crippen LogP contribution < -0.4 is 14.4 Å². The van der Waals surface area contributed by atoms with E-state index in [1.165, 1.54) is 22.4 Å². The van der Waals surface area contributed by atoms with Gasteiger partial charge in [-0.3, -0.25) is 0 Å². The van der Waals surface area contributed by atoms with Crippen molar-refractivity contribution >= 4 is 0 Å². The van der Waals surface area contributed by atoms with E-state index in [2.05, 4.69) is 41.3 Å². The standard InChI is InChI=1S/C23H25N3O3/c1-16-5-7-17(8-6-16)23-24-22(29-25-23)15-26-11-2-4-19(26)18-9-10-20-21(14-18)28-13-3-12-27-20/h5-10,14,19H,2-4,11-13,15H2,1H3/p+1/t19-/m1/s1. The Balaban J connectivity index is 1.33. The van der Waals surface area contributed by atoms with E-state index in [1.807, 2.05) is 18.2 Å². The van der Waals surface area contributed by atoms with Gasteiger partial charge in [0, 0.05) is 30.4 Å². The van der Waals surface area contributed by atoms with Gasteiger partial charge in [0.1, 0.15) is 6.04 Å². The number of quaternary nitrogens is 1. The fraction of sp³-hybridized carbons (Fsp3) is 0.391. The molecule has 2 aromatic carbocycles. The van der Waals surface area contributed by atoms with Gasteiger partial charge in [0.25, 0.3) is 5.89 Å². The largest absolute Gasteiger partial charge is 0.490 e. The minimum absolute atomic E-state index is 0.405. The molecule has 5 rings (SSSR count). The number of ether oxygens (including phenoxy) is 2. The Morgan fingerprint density at radius 2 is 1.83 bits per heavy atom. The molecule has 6 heteroatoms. The fourth-order valence-corrected chi connectivity index (χ4v) is 4.26. The van der Waals surface area contributed by atoms with Gasteiger partial charge < -0.3 is 18.9 Å². The number of aryl methyl sites for hydroxylation is 1. The summed E-state index contributed by atoms with van der Waals surface area (Å²) < 4.78 is 17.2. The Bertz CT molecular complexity index is 983. The number of hydrogen-bond acceptors (Lipinski definition) is 5. The van der Waals surface area contributed by atoms with Crippen LogP contribution in [-0.4, -0.2) is 29.9 Å². The number of nitrogens with zero attached hydrogens (tertiary/aromatic N) is 2. The maximum atomic E-state index is 5.89. The van der Waals surface area contributed by atoms with Gasteiger partial charge in [-0.25, -0.2) is 0 Å². The summed E-state index contributed by atoms with van der Waals surface area (Å²) in [6.45, 7) is 5.33. The van der Waals surface area contributed by atoms with Gasteiger partial charge in [0.2, 0.25) is 5.82 Å². The normalized spacial score (nSPS) is 21.1. The molecule has 1 fully saturated rings. The summed E-state index contributed by atoms with van der Waals surface area (Å²) >= 11 is 0. The number of nitrogens with one attached hydrogen (secondary N) is 1. The molecule has 1 N–H and O–H groups in total. The third kappa shape index (κ3) is 3.85. The van der Waals surface area contributed by atoms with Crippen LogP contribution in [0.5, 0.6) is 11.5 Å². The van der Waals surface area contributed by atoms with E-state index >= 15 is 0 Å². The van der Waals surface area contributed by atoms with Crippen molar-refractivity contribution in [1.82, 2.24) is 10.1 Å². The monoisotopic (exact) mass is 392 g/mol. The van der Waals surface area contributed by atoms with E-state index in [1.54, 1.807) is 0 Å². The first-order chi connectivity index (χ1) is 14.3. The van der Waals surface area contributed by atoms with E-state index in [9.17, 15) is 0 Å². The molecule has 150 valence electrons. The third-order valence-electron chi connectivity index (χ3n) is 5.81. The molecule has 2 atom stereocenters. The Kier molecular flexibility index (Phi) is 4.94. The van der Waals surface area contributed by atoms with E-state index in [0.717, 1.165) is 43.0 Å². The molecule has 2 aliphatic rings. The highest BCUT2D eigenvalue weighted by molar-refractivity contribution is 5.54. The molecule has 1 saturated heterocycles. The average molecular weight is 392 g/mol. The molecule has 0 saturated carbocycles. The summed E-state index contributed by atoms with van der Waals surface area (Å²) in [6, 6.07) is 15.0. The Labute approximate surface area is 170 Å². The minimum Gasteiger partial charge on any atom is -0.490 e. The maximum absolute atomic E-state index is 5.89. The first kappa shape index (κ1) is 18.2. The van der Waals surface area contributed by atoms with E-state index < -0.39 is 0 Å². The molecule has 6 nitrogen and oxygen atoms in total. The van der Waals surface area contributed by atoms with E-state index in [4.69, 9.17) is 14.0 Å². The second kappa shape index (κ2) is 7.87. The summed E-state index contributed by atoms with van der Waals surface area (Å²) in [5.41, 5.74) is 3.50. The van der Waals surface area contributed by atoms with Crippen molar-refractivity contribution in [3.63, 3.8) is 0 Å². The Morgan fingerprint density at radius 1 is 1.00 bits per heavy atom. The molecule has 0 spiro atoms. The molecule has 29 heavy (non-hydrogen) atoms. The molecule has 0 aliphatic carbocycles.